The third-order valence-corrected chi connectivity index (χ3v) is 2.25. The van der Waals surface area contributed by atoms with E-state index in [1.807, 2.05) is 0 Å². The highest BCUT2D eigenvalue weighted by Gasteiger charge is 2.31. The normalized spacial score (nSPS) is 16.5. The van der Waals surface area contributed by atoms with Crippen LogP contribution in [-0.4, -0.2) is 13.2 Å². The van der Waals surface area contributed by atoms with Gasteiger partial charge in [-0.05, 0) is 12.1 Å². The molecule has 1 heterocycles. The molecule has 2 nitrogen and oxygen atoms in total. The molecule has 0 saturated heterocycles. The first kappa shape index (κ1) is 10.3. The Morgan fingerprint density at radius 3 is 2.80 bits per heavy atom. The summed E-state index contributed by atoms with van der Waals surface area (Å²) in [6.07, 6.45) is -4.31. The average Bonchev–Trinajstić information content (AvgIpc) is 2.39. The Morgan fingerprint density at radius 1 is 1.27 bits per heavy atom. The fraction of sp³-hybridized carbons (Fsp3) is 0.400. The minimum atomic E-state index is -4.31. The van der Waals surface area contributed by atoms with Crippen LogP contribution in [0.1, 0.15) is 11.1 Å². The van der Waals surface area contributed by atoms with Crippen LogP contribution in [0.15, 0.2) is 18.2 Å². The summed E-state index contributed by atoms with van der Waals surface area (Å²) in [6, 6.07) is 3.59. The third kappa shape index (κ3) is 2.23. The number of rotatable bonds is 0. The highest BCUT2D eigenvalue weighted by atomic mass is 19.4. The van der Waals surface area contributed by atoms with Gasteiger partial charge in [0, 0.05) is 18.7 Å². The molecule has 0 atom stereocenters. The van der Waals surface area contributed by atoms with Crippen molar-refractivity contribution in [3.63, 3.8) is 0 Å². The predicted molar refractivity (Wildman–Crippen MR) is 48.6 cm³/mol. The van der Waals surface area contributed by atoms with Crippen LogP contribution >= 0.6 is 0 Å². The average molecular weight is 217 g/mol. The van der Waals surface area contributed by atoms with Crippen LogP contribution in [-0.2, 0) is 12.7 Å². The van der Waals surface area contributed by atoms with Crippen molar-refractivity contribution in [2.24, 2.45) is 0 Å². The molecular weight excluding hydrogens is 207 g/mol. The molecule has 1 aromatic carbocycles. The fourth-order valence-electron chi connectivity index (χ4n) is 1.47. The van der Waals surface area contributed by atoms with E-state index in [0.717, 1.165) is 17.7 Å². The molecular formula is C10H10F3NO. The molecule has 0 fully saturated rings. The highest BCUT2D eigenvalue weighted by Crippen LogP contribution is 2.33. The minimum Gasteiger partial charge on any atom is -0.492 e. The molecule has 0 unspecified atom stereocenters. The van der Waals surface area contributed by atoms with Gasteiger partial charge in [0.15, 0.2) is 0 Å². The number of benzene rings is 1. The van der Waals surface area contributed by atoms with E-state index in [9.17, 15) is 13.2 Å². The predicted octanol–water partition coefficient (Wildman–Crippen LogP) is 2.19. The van der Waals surface area contributed by atoms with Gasteiger partial charge in [0.1, 0.15) is 12.4 Å². The van der Waals surface area contributed by atoms with Gasteiger partial charge in [0.25, 0.3) is 0 Å². The standard InChI is InChI=1S/C10H10F3NO/c11-10(12,13)8-2-1-7-6-14-3-4-15-9(7)5-8/h1-2,5,14H,3-4,6H2. The van der Waals surface area contributed by atoms with E-state index >= 15 is 0 Å². The Balaban J connectivity index is 2.36. The first-order valence-electron chi connectivity index (χ1n) is 4.61. The third-order valence-electron chi connectivity index (χ3n) is 2.25. The molecule has 0 amide bonds. The number of ether oxygens (including phenoxy) is 1. The second kappa shape index (κ2) is 3.73. The second-order valence-electron chi connectivity index (χ2n) is 3.35. The first-order chi connectivity index (χ1) is 7.07. The van der Waals surface area contributed by atoms with Crippen LogP contribution in [0.2, 0.25) is 0 Å². The molecule has 0 radical (unpaired) electrons. The number of alkyl halides is 3. The molecule has 0 saturated carbocycles. The van der Waals surface area contributed by atoms with E-state index in [-0.39, 0.29) is 0 Å². The van der Waals surface area contributed by atoms with Gasteiger partial charge in [-0.3, -0.25) is 0 Å². The molecule has 1 aromatic rings. The zero-order chi connectivity index (χ0) is 10.9. The highest BCUT2D eigenvalue weighted by molar-refractivity contribution is 5.39. The summed E-state index contributed by atoms with van der Waals surface area (Å²) in [5, 5.41) is 3.06. The quantitative estimate of drug-likeness (QED) is 0.719. The molecule has 82 valence electrons. The molecule has 0 spiro atoms. The zero-order valence-corrected chi connectivity index (χ0v) is 7.90. The van der Waals surface area contributed by atoms with Crippen molar-refractivity contribution in [2.45, 2.75) is 12.7 Å². The van der Waals surface area contributed by atoms with Crippen molar-refractivity contribution in [3.05, 3.63) is 29.3 Å². The van der Waals surface area contributed by atoms with E-state index in [4.69, 9.17) is 4.74 Å². The molecule has 1 N–H and O–H groups in total. The minimum absolute atomic E-state index is 0.329. The van der Waals surface area contributed by atoms with Gasteiger partial charge in [0.2, 0.25) is 0 Å². The largest absolute Gasteiger partial charge is 0.492 e. The van der Waals surface area contributed by atoms with Crippen LogP contribution in [0.25, 0.3) is 0 Å². The van der Waals surface area contributed by atoms with Gasteiger partial charge in [-0.15, -0.1) is 0 Å². The van der Waals surface area contributed by atoms with E-state index < -0.39 is 11.7 Å². The summed E-state index contributed by atoms with van der Waals surface area (Å²) < 4.78 is 42.4. The van der Waals surface area contributed by atoms with Crippen LogP contribution in [0.5, 0.6) is 5.75 Å². The molecule has 1 aliphatic rings. The summed E-state index contributed by atoms with van der Waals surface area (Å²) in [5.41, 5.74) is 0.101. The Morgan fingerprint density at radius 2 is 2.07 bits per heavy atom. The second-order valence-corrected chi connectivity index (χ2v) is 3.35. The summed E-state index contributed by atoms with van der Waals surface area (Å²) in [4.78, 5) is 0. The lowest BCUT2D eigenvalue weighted by Crippen LogP contribution is -2.16. The monoisotopic (exact) mass is 217 g/mol. The van der Waals surface area contributed by atoms with Gasteiger partial charge in [-0.2, -0.15) is 13.2 Å². The van der Waals surface area contributed by atoms with Crippen molar-refractivity contribution in [2.75, 3.05) is 13.2 Å². The van der Waals surface area contributed by atoms with Crippen molar-refractivity contribution >= 4 is 0 Å². The molecule has 15 heavy (non-hydrogen) atoms. The Kier molecular flexibility index (Phi) is 2.56. The smallest absolute Gasteiger partial charge is 0.416 e. The SMILES string of the molecule is FC(F)(F)c1ccc2c(c1)OCCNC2. The lowest BCUT2D eigenvalue weighted by Gasteiger charge is -2.11. The van der Waals surface area contributed by atoms with Crippen LogP contribution in [0.4, 0.5) is 13.2 Å². The lowest BCUT2D eigenvalue weighted by molar-refractivity contribution is -0.137. The molecule has 0 aromatic heterocycles. The first-order valence-corrected chi connectivity index (χ1v) is 4.61. The van der Waals surface area contributed by atoms with Crippen molar-refractivity contribution < 1.29 is 17.9 Å². The molecule has 0 aliphatic carbocycles. The lowest BCUT2D eigenvalue weighted by atomic mass is 10.1. The van der Waals surface area contributed by atoms with Crippen molar-refractivity contribution in [3.8, 4) is 5.75 Å². The summed E-state index contributed by atoms with van der Waals surface area (Å²) >= 11 is 0. The van der Waals surface area contributed by atoms with Gasteiger partial charge in [-0.25, -0.2) is 0 Å². The summed E-state index contributed by atoms with van der Waals surface area (Å²) in [6.45, 7) is 1.60. The number of fused-ring (bicyclic) bond motifs is 1. The number of hydrogen-bond acceptors (Lipinski definition) is 2. The number of nitrogens with one attached hydrogen (secondary N) is 1. The van der Waals surface area contributed by atoms with Gasteiger partial charge in [0.05, 0.1) is 5.56 Å². The van der Waals surface area contributed by atoms with E-state index in [2.05, 4.69) is 5.32 Å². The van der Waals surface area contributed by atoms with Crippen LogP contribution in [0, 0.1) is 0 Å². The maximum atomic E-state index is 12.4. The van der Waals surface area contributed by atoms with Crippen LogP contribution in [0.3, 0.4) is 0 Å². The van der Waals surface area contributed by atoms with E-state index in [0.29, 0.717) is 25.4 Å². The summed E-state index contributed by atoms with van der Waals surface area (Å²) in [7, 11) is 0. The van der Waals surface area contributed by atoms with Crippen molar-refractivity contribution in [1.82, 2.24) is 5.32 Å². The number of hydrogen-bond donors (Lipinski definition) is 1. The molecule has 0 bridgehead atoms. The van der Waals surface area contributed by atoms with Gasteiger partial charge in [-0.1, -0.05) is 6.07 Å². The fourth-order valence-corrected chi connectivity index (χ4v) is 1.47. The maximum absolute atomic E-state index is 12.4. The van der Waals surface area contributed by atoms with Gasteiger partial charge < -0.3 is 10.1 Å². The molecule has 1 aliphatic heterocycles. The Hall–Kier alpha value is -1.23. The Bertz CT molecular complexity index is 362. The van der Waals surface area contributed by atoms with Crippen LogP contribution < -0.4 is 10.1 Å². The summed E-state index contributed by atoms with van der Waals surface area (Å²) in [5.74, 6) is 0.329. The zero-order valence-electron chi connectivity index (χ0n) is 7.90. The number of halogens is 3. The van der Waals surface area contributed by atoms with Crippen molar-refractivity contribution in [1.29, 1.82) is 0 Å². The van der Waals surface area contributed by atoms with E-state index in [1.54, 1.807) is 0 Å². The molecule has 2 rings (SSSR count). The molecule has 5 heteroatoms. The van der Waals surface area contributed by atoms with E-state index in [1.165, 1.54) is 6.07 Å². The Labute approximate surface area is 85.0 Å². The topological polar surface area (TPSA) is 21.3 Å². The maximum Gasteiger partial charge on any atom is 0.416 e. The van der Waals surface area contributed by atoms with Gasteiger partial charge >= 0.3 is 6.18 Å².